The van der Waals surface area contributed by atoms with Gasteiger partial charge in [-0.2, -0.15) is 0 Å². The topological polar surface area (TPSA) is 49.9 Å². The minimum absolute atomic E-state index is 0.0781. The molecule has 2 aliphatic heterocycles. The number of cyclic esters (lactones) is 1. The molecular weight excluding hydrogens is 280 g/mol. The standard InChI is InChI=1S/C17H22N2O3/c1-17(16(21)19-9-5-8-18(2)10-11-19)12-13-6-3-4-7-14(13)15(20)22-17/h3-4,6-7H,5,8-12H2,1-2H3. The molecule has 1 fully saturated rings. The van der Waals surface area contributed by atoms with Crippen molar-refractivity contribution in [3.05, 3.63) is 35.4 Å². The van der Waals surface area contributed by atoms with Gasteiger partial charge >= 0.3 is 5.97 Å². The van der Waals surface area contributed by atoms with Crippen LogP contribution in [0, 0.1) is 0 Å². The van der Waals surface area contributed by atoms with Gasteiger partial charge in [-0.25, -0.2) is 4.79 Å². The number of likely N-dealkylation sites (N-methyl/N-ethyl adjacent to an activating group) is 1. The summed E-state index contributed by atoms with van der Waals surface area (Å²) in [6, 6.07) is 7.36. The number of rotatable bonds is 1. The van der Waals surface area contributed by atoms with Crippen LogP contribution in [-0.4, -0.2) is 60.5 Å². The summed E-state index contributed by atoms with van der Waals surface area (Å²) < 4.78 is 5.54. The van der Waals surface area contributed by atoms with Crippen LogP contribution in [0.4, 0.5) is 0 Å². The lowest BCUT2D eigenvalue weighted by Gasteiger charge is -2.36. The van der Waals surface area contributed by atoms with Crippen molar-refractivity contribution in [2.75, 3.05) is 33.2 Å². The van der Waals surface area contributed by atoms with Gasteiger partial charge < -0.3 is 14.5 Å². The molecule has 118 valence electrons. The van der Waals surface area contributed by atoms with Crippen LogP contribution in [-0.2, 0) is 16.0 Å². The summed E-state index contributed by atoms with van der Waals surface area (Å²) >= 11 is 0. The summed E-state index contributed by atoms with van der Waals surface area (Å²) in [5.74, 6) is -0.477. The Balaban J connectivity index is 1.82. The Bertz CT molecular complexity index is 601. The van der Waals surface area contributed by atoms with Crippen LogP contribution < -0.4 is 0 Å². The van der Waals surface area contributed by atoms with Gasteiger partial charge in [0.2, 0.25) is 0 Å². The number of hydrogen-bond donors (Lipinski definition) is 0. The largest absolute Gasteiger partial charge is 0.445 e. The van der Waals surface area contributed by atoms with Gasteiger partial charge in [0.15, 0.2) is 5.60 Å². The first-order chi connectivity index (χ1) is 10.5. The van der Waals surface area contributed by atoms with E-state index in [9.17, 15) is 9.59 Å². The van der Waals surface area contributed by atoms with Gasteiger partial charge in [0.05, 0.1) is 5.56 Å². The molecule has 0 bridgehead atoms. The lowest BCUT2D eigenvalue weighted by Crippen LogP contribution is -2.53. The number of fused-ring (bicyclic) bond motifs is 1. The highest BCUT2D eigenvalue weighted by atomic mass is 16.6. The van der Waals surface area contributed by atoms with Gasteiger partial charge in [0.25, 0.3) is 5.91 Å². The number of hydrogen-bond acceptors (Lipinski definition) is 4. The van der Waals surface area contributed by atoms with Gasteiger partial charge in [-0.05, 0) is 38.6 Å². The first kappa shape index (κ1) is 15.0. The Morgan fingerprint density at radius 2 is 1.95 bits per heavy atom. The molecular formula is C17H22N2O3. The Labute approximate surface area is 130 Å². The number of ether oxygens (including phenoxy) is 1. The minimum Gasteiger partial charge on any atom is -0.445 e. The molecule has 1 saturated heterocycles. The summed E-state index contributed by atoms with van der Waals surface area (Å²) in [6.45, 7) is 4.98. The molecule has 0 N–H and O–H groups in total. The molecule has 2 heterocycles. The Hall–Kier alpha value is -1.88. The zero-order chi connectivity index (χ0) is 15.7. The van der Waals surface area contributed by atoms with Crippen LogP contribution >= 0.6 is 0 Å². The first-order valence-corrected chi connectivity index (χ1v) is 7.79. The van der Waals surface area contributed by atoms with Crippen molar-refractivity contribution in [1.82, 2.24) is 9.80 Å². The van der Waals surface area contributed by atoms with E-state index in [-0.39, 0.29) is 5.91 Å². The quantitative estimate of drug-likeness (QED) is 0.734. The van der Waals surface area contributed by atoms with Crippen molar-refractivity contribution in [2.45, 2.75) is 25.4 Å². The number of carbonyl (C=O) groups is 2. The molecule has 3 rings (SSSR count). The van der Waals surface area contributed by atoms with E-state index in [0.29, 0.717) is 18.5 Å². The predicted molar refractivity (Wildman–Crippen MR) is 82.7 cm³/mol. The molecule has 1 aromatic rings. The molecule has 0 spiro atoms. The highest BCUT2D eigenvalue weighted by Crippen LogP contribution is 2.30. The Morgan fingerprint density at radius 3 is 2.77 bits per heavy atom. The normalized spacial score (nSPS) is 26.1. The summed E-state index contributed by atoms with van der Waals surface area (Å²) in [5, 5.41) is 0. The molecule has 1 atom stereocenters. The molecule has 5 nitrogen and oxygen atoms in total. The van der Waals surface area contributed by atoms with E-state index in [1.807, 2.05) is 23.1 Å². The van der Waals surface area contributed by atoms with E-state index < -0.39 is 11.6 Å². The van der Waals surface area contributed by atoms with E-state index in [0.717, 1.165) is 31.6 Å². The van der Waals surface area contributed by atoms with Crippen LogP contribution in [0.3, 0.4) is 0 Å². The maximum absolute atomic E-state index is 12.9. The fraction of sp³-hybridized carbons (Fsp3) is 0.529. The van der Waals surface area contributed by atoms with Crippen LogP contribution in [0.15, 0.2) is 24.3 Å². The van der Waals surface area contributed by atoms with Crippen LogP contribution in [0.5, 0.6) is 0 Å². The highest BCUT2D eigenvalue weighted by Gasteiger charge is 2.44. The van der Waals surface area contributed by atoms with Crippen LogP contribution in [0.25, 0.3) is 0 Å². The number of nitrogens with zero attached hydrogens (tertiary/aromatic N) is 2. The number of esters is 1. The van der Waals surface area contributed by atoms with Gasteiger partial charge in [0, 0.05) is 26.1 Å². The van der Waals surface area contributed by atoms with Gasteiger partial charge in [0.1, 0.15) is 0 Å². The van der Waals surface area contributed by atoms with E-state index in [2.05, 4.69) is 11.9 Å². The molecule has 0 saturated carbocycles. The number of carbonyl (C=O) groups excluding carboxylic acids is 2. The molecule has 0 aliphatic carbocycles. The maximum atomic E-state index is 12.9. The average molecular weight is 302 g/mol. The smallest absolute Gasteiger partial charge is 0.339 e. The molecule has 1 amide bonds. The van der Waals surface area contributed by atoms with Crippen LogP contribution in [0.1, 0.15) is 29.3 Å². The fourth-order valence-electron chi connectivity index (χ4n) is 3.24. The zero-order valence-corrected chi connectivity index (χ0v) is 13.2. The Kier molecular flexibility index (Phi) is 3.91. The second kappa shape index (κ2) is 5.72. The van der Waals surface area contributed by atoms with E-state index in [1.54, 1.807) is 13.0 Å². The minimum atomic E-state index is -1.09. The molecule has 22 heavy (non-hydrogen) atoms. The van der Waals surface area contributed by atoms with Crippen molar-refractivity contribution in [3.63, 3.8) is 0 Å². The first-order valence-electron chi connectivity index (χ1n) is 7.79. The predicted octanol–water partition coefficient (Wildman–Crippen LogP) is 1.32. The van der Waals surface area contributed by atoms with E-state index in [4.69, 9.17) is 4.74 Å². The third-order valence-corrected chi connectivity index (χ3v) is 4.54. The molecule has 2 aliphatic rings. The molecule has 0 aromatic heterocycles. The molecule has 1 unspecified atom stereocenters. The zero-order valence-electron chi connectivity index (χ0n) is 13.2. The summed E-state index contributed by atoms with van der Waals surface area (Å²) in [6.07, 6.45) is 1.39. The highest BCUT2D eigenvalue weighted by molar-refractivity contribution is 5.97. The van der Waals surface area contributed by atoms with Crippen LogP contribution in [0.2, 0.25) is 0 Å². The second-order valence-electron chi connectivity index (χ2n) is 6.40. The van der Waals surface area contributed by atoms with E-state index in [1.165, 1.54) is 0 Å². The maximum Gasteiger partial charge on any atom is 0.339 e. The molecule has 0 radical (unpaired) electrons. The lowest BCUT2D eigenvalue weighted by atomic mass is 9.89. The van der Waals surface area contributed by atoms with Gasteiger partial charge in [-0.1, -0.05) is 18.2 Å². The third kappa shape index (κ3) is 2.73. The second-order valence-corrected chi connectivity index (χ2v) is 6.40. The van der Waals surface area contributed by atoms with Crippen molar-refractivity contribution in [1.29, 1.82) is 0 Å². The van der Waals surface area contributed by atoms with Crippen molar-refractivity contribution in [3.8, 4) is 0 Å². The summed E-state index contributed by atoms with van der Waals surface area (Å²) in [4.78, 5) is 29.2. The summed E-state index contributed by atoms with van der Waals surface area (Å²) in [5.41, 5.74) is 0.374. The number of benzene rings is 1. The van der Waals surface area contributed by atoms with Gasteiger partial charge in [-0.3, -0.25) is 4.79 Å². The van der Waals surface area contributed by atoms with E-state index >= 15 is 0 Å². The molecule has 1 aromatic carbocycles. The van der Waals surface area contributed by atoms with Crippen molar-refractivity contribution >= 4 is 11.9 Å². The number of amides is 1. The average Bonchev–Trinajstić information content (AvgIpc) is 2.71. The summed E-state index contributed by atoms with van der Waals surface area (Å²) in [7, 11) is 2.06. The lowest BCUT2D eigenvalue weighted by molar-refractivity contribution is -0.151. The fourth-order valence-corrected chi connectivity index (χ4v) is 3.24. The third-order valence-electron chi connectivity index (χ3n) is 4.54. The van der Waals surface area contributed by atoms with Crippen molar-refractivity contribution < 1.29 is 14.3 Å². The monoisotopic (exact) mass is 302 g/mol. The van der Waals surface area contributed by atoms with Gasteiger partial charge in [-0.15, -0.1) is 0 Å². The molecule has 5 heteroatoms. The SMILES string of the molecule is CN1CCCN(C(=O)C2(C)Cc3ccccc3C(=O)O2)CC1. The Morgan fingerprint density at radius 1 is 1.18 bits per heavy atom. The van der Waals surface area contributed by atoms with Crippen molar-refractivity contribution in [2.24, 2.45) is 0 Å².